The molecule has 0 amide bonds. The van der Waals surface area contributed by atoms with Crippen molar-refractivity contribution in [2.24, 2.45) is 5.92 Å². The Kier molecular flexibility index (Phi) is 4.28. The standard InChI is InChI=1S/C14H18ClN3O2/c1-8(2)12(14(19)20-4)18-10(7-15)17-11-9(3)5-6-16-13(11)18/h5-6,8,12H,7H2,1-4H3. The molecule has 0 aliphatic carbocycles. The van der Waals surface area contributed by atoms with Gasteiger partial charge < -0.3 is 4.74 Å². The van der Waals surface area contributed by atoms with E-state index in [1.54, 1.807) is 10.8 Å². The zero-order valence-electron chi connectivity index (χ0n) is 12.1. The highest BCUT2D eigenvalue weighted by atomic mass is 35.5. The van der Waals surface area contributed by atoms with Crippen molar-refractivity contribution < 1.29 is 9.53 Å². The van der Waals surface area contributed by atoms with E-state index in [9.17, 15) is 4.79 Å². The lowest BCUT2D eigenvalue weighted by Gasteiger charge is -2.21. The maximum atomic E-state index is 12.1. The number of imidazole rings is 1. The number of ether oxygens (including phenoxy) is 1. The molecular weight excluding hydrogens is 278 g/mol. The van der Waals surface area contributed by atoms with Gasteiger partial charge in [0.05, 0.1) is 13.0 Å². The van der Waals surface area contributed by atoms with Crippen molar-refractivity contribution in [1.29, 1.82) is 0 Å². The summed E-state index contributed by atoms with van der Waals surface area (Å²) in [7, 11) is 1.38. The number of methoxy groups -OCH3 is 1. The lowest BCUT2D eigenvalue weighted by molar-refractivity contribution is -0.146. The van der Waals surface area contributed by atoms with Crippen LogP contribution in [0.3, 0.4) is 0 Å². The predicted molar refractivity (Wildman–Crippen MR) is 77.7 cm³/mol. The monoisotopic (exact) mass is 295 g/mol. The molecule has 5 nitrogen and oxygen atoms in total. The Morgan fingerprint density at radius 3 is 2.75 bits per heavy atom. The molecule has 1 atom stereocenters. The van der Waals surface area contributed by atoms with Crippen LogP contribution in [0.25, 0.3) is 11.2 Å². The van der Waals surface area contributed by atoms with E-state index in [2.05, 4.69) is 9.97 Å². The average molecular weight is 296 g/mol. The van der Waals surface area contributed by atoms with Crippen LogP contribution in [-0.4, -0.2) is 27.6 Å². The Labute approximate surface area is 122 Å². The summed E-state index contributed by atoms with van der Waals surface area (Å²) in [6, 6.07) is 1.41. The first-order chi connectivity index (χ1) is 9.51. The molecule has 0 radical (unpaired) electrons. The van der Waals surface area contributed by atoms with Crippen LogP contribution in [0.1, 0.15) is 31.3 Å². The predicted octanol–water partition coefficient (Wildman–Crippen LogP) is 2.85. The Hall–Kier alpha value is -1.62. The van der Waals surface area contributed by atoms with Crippen molar-refractivity contribution in [2.75, 3.05) is 7.11 Å². The van der Waals surface area contributed by atoms with E-state index in [-0.39, 0.29) is 17.8 Å². The summed E-state index contributed by atoms with van der Waals surface area (Å²) in [4.78, 5) is 21.0. The molecule has 0 fully saturated rings. The number of aromatic nitrogens is 3. The fraction of sp³-hybridized carbons (Fsp3) is 0.500. The number of rotatable bonds is 4. The molecule has 20 heavy (non-hydrogen) atoms. The highest BCUT2D eigenvalue weighted by Gasteiger charge is 2.29. The van der Waals surface area contributed by atoms with E-state index in [0.717, 1.165) is 11.1 Å². The smallest absolute Gasteiger partial charge is 0.329 e. The normalized spacial score (nSPS) is 12.9. The van der Waals surface area contributed by atoms with Gasteiger partial charge >= 0.3 is 5.97 Å². The Morgan fingerprint density at radius 1 is 1.50 bits per heavy atom. The fourth-order valence-electron chi connectivity index (χ4n) is 2.34. The minimum atomic E-state index is -0.479. The first-order valence-electron chi connectivity index (χ1n) is 6.47. The SMILES string of the molecule is COC(=O)C(C(C)C)n1c(CCl)nc2c(C)ccnc21. The largest absolute Gasteiger partial charge is 0.467 e. The van der Waals surface area contributed by atoms with Gasteiger partial charge in [-0.2, -0.15) is 0 Å². The van der Waals surface area contributed by atoms with Crippen molar-refractivity contribution in [2.45, 2.75) is 32.7 Å². The third-order valence-corrected chi connectivity index (χ3v) is 3.56. The molecule has 2 rings (SSSR count). The van der Waals surface area contributed by atoms with Crippen molar-refractivity contribution in [3.8, 4) is 0 Å². The zero-order chi connectivity index (χ0) is 14.9. The molecule has 0 bridgehead atoms. The number of halogens is 1. The van der Waals surface area contributed by atoms with Gasteiger partial charge in [-0.05, 0) is 24.5 Å². The van der Waals surface area contributed by atoms with E-state index in [1.807, 2.05) is 26.8 Å². The molecule has 0 N–H and O–H groups in total. The van der Waals surface area contributed by atoms with Gasteiger partial charge in [0.15, 0.2) is 5.65 Å². The van der Waals surface area contributed by atoms with Crippen LogP contribution in [0.15, 0.2) is 12.3 Å². The molecule has 0 saturated heterocycles. The number of esters is 1. The number of aryl methyl sites for hydroxylation is 1. The molecule has 0 aromatic carbocycles. The third kappa shape index (κ3) is 2.38. The van der Waals surface area contributed by atoms with E-state index < -0.39 is 6.04 Å². The number of hydrogen-bond acceptors (Lipinski definition) is 4. The molecule has 2 aromatic heterocycles. The van der Waals surface area contributed by atoms with Crippen LogP contribution in [0.2, 0.25) is 0 Å². The molecule has 0 saturated carbocycles. The van der Waals surface area contributed by atoms with Gasteiger partial charge in [-0.1, -0.05) is 13.8 Å². The van der Waals surface area contributed by atoms with Gasteiger partial charge in [0.25, 0.3) is 0 Å². The van der Waals surface area contributed by atoms with Gasteiger partial charge in [0, 0.05) is 6.20 Å². The van der Waals surface area contributed by atoms with Crippen LogP contribution in [-0.2, 0) is 15.4 Å². The molecule has 0 aliphatic rings. The Bertz CT molecular complexity index is 637. The molecule has 0 spiro atoms. The first kappa shape index (κ1) is 14.8. The van der Waals surface area contributed by atoms with Gasteiger partial charge in [-0.25, -0.2) is 14.8 Å². The summed E-state index contributed by atoms with van der Waals surface area (Å²) in [5, 5.41) is 0. The van der Waals surface area contributed by atoms with Crippen molar-refractivity contribution in [1.82, 2.24) is 14.5 Å². The second kappa shape index (κ2) is 5.79. The van der Waals surface area contributed by atoms with Crippen molar-refractivity contribution in [3.05, 3.63) is 23.7 Å². The van der Waals surface area contributed by atoms with Crippen LogP contribution < -0.4 is 0 Å². The number of alkyl halides is 1. The maximum absolute atomic E-state index is 12.1. The Morgan fingerprint density at radius 2 is 2.20 bits per heavy atom. The van der Waals surface area contributed by atoms with Crippen molar-refractivity contribution in [3.63, 3.8) is 0 Å². The number of hydrogen-bond donors (Lipinski definition) is 0. The Balaban J connectivity index is 2.73. The topological polar surface area (TPSA) is 57.0 Å². The van der Waals surface area contributed by atoms with Crippen LogP contribution >= 0.6 is 11.6 Å². The number of carbonyl (C=O) groups is 1. The molecule has 108 valence electrons. The maximum Gasteiger partial charge on any atom is 0.329 e. The number of fused-ring (bicyclic) bond motifs is 1. The molecule has 6 heteroatoms. The molecule has 2 heterocycles. The minimum absolute atomic E-state index is 0.0455. The number of carbonyl (C=O) groups excluding carboxylic acids is 1. The lowest BCUT2D eigenvalue weighted by Crippen LogP contribution is -2.27. The highest BCUT2D eigenvalue weighted by molar-refractivity contribution is 6.16. The number of nitrogens with zero attached hydrogens (tertiary/aromatic N) is 3. The molecule has 2 aromatic rings. The molecule has 1 unspecified atom stereocenters. The second-order valence-electron chi connectivity index (χ2n) is 5.04. The summed E-state index contributed by atoms with van der Waals surface area (Å²) in [6.45, 7) is 5.88. The van der Waals surface area contributed by atoms with Crippen LogP contribution in [0.4, 0.5) is 0 Å². The fourth-order valence-corrected chi connectivity index (χ4v) is 2.53. The summed E-state index contributed by atoms with van der Waals surface area (Å²) in [5.74, 6) is 0.585. The van der Waals surface area contributed by atoms with E-state index in [4.69, 9.17) is 16.3 Å². The lowest BCUT2D eigenvalue weighted by atomic mass is 10.0. The third-order valence-electron chi connectivity index (χ3n) is 3.33. The first-order valence-corrected chi connectivity index (χ1v) is 7.00. The zero-order valence-corrected chi connectivity index (χ0v) is 12.8. The van der Waals surface area contributed by atoms with E-state index in [0.29, 0.717) is 11.5 Å². The van der Waals surface area contributed by atoms with E-state index >= 15 is 0 Å². The average Bonchev–Trinajstić information content (AvgIpc) is 2.79. The van der Waals surface area contributed by atoms with Gasteiger partial charge in [0.1, 0.15) is 17.4 Å². The number of pyridine rings is 1. The molecular formula is C14H18ClN3O2. The highest BCUT2D eigenvalue weighted by Crippen LogP contribution is 2.28. The summed E-state index contributed by atoms with van der Waals surface area (Å²) in [6.07, 6.45) is 1.71. The van der Waals surface area contributed by atoms with Crippen LogP contribution in [0.5, 0.6) is 0 Å². The summed E-state index contributed by atoms with van der Waals surface area (Å²) in [5.41, 5.74) is 2.45. The van der Waals surface area contributed by atoms with Gasteiger partial charge in [0.2, 0.25) is 0 Å². The summed E-state index contributed by atoms with van der Waals surface area (Å²) >= 11 is 5.99. The minimum Gasteiger partial charge on any atom is -0.467 e. The van der Waals surface area contributed by atoms with Gasteiger partial charge in [-0.3, -0.25) is 4.57 Å². The quantitative estimate of drug-likeness (QED) is 0.643. The second-order valence-corrected chi connectivity index (χ2v) is 5.31. The molecule has 0 aliphatic heterocycles. The summed E-state index contributed by atoms with van der Waals surface area (Å²) < 4.78 is 6.72. The van der Waals surface area contributed by atoms with Crippen molar-refractivity contribution >= 4 is 28.7 Å². The van der Waals surface area contributed by atoms with E-state index in [1.165, 1.54) is 7.11 Å². The van der Waals surface area contributed by atoms with Crippen LogP contribution in [0, 0.1) is 12.8 Å². The van der Waals surface area contributed by atoms with Gasteiger partial charge in [-0.15, -0.1) is 11.6 Å².